The summed E-state index contributed by atoms with van der Waals surface area (Å²) >= 11 is 0. The summed E-state index contributed by atoms with van der Waals surface area (Å²) in [5.74, 6) is -0.793. The highest BCUT2D eigenvalue weighted by atomic mass is 19.4. The average Bonchev–Trinajstić information content (AvgIpc) is 2.18. The number of aromatic nitrogens is 1. The molecule has 0 aliphatic carbocycles. The standard InChI is InChI=1S/C8H7F3N4O/c9-8(10,11)16-7-4(2-12)1-6(14)15-5(7)3-13/h1H,3,13H2,(H2,14,15). The first-order valence-electron chi connectivity index (χ1n) is 4.02. The first kappa shape index (κ1) is 12.1. The molecule has 1 aromatic rings. The highest BCUT2D eigenvalue weighted by molar-refractivity contribution is 5.52. The molecule has 0 aliphatic rings. The maximum Gasteiger partial charge on any atom is 0.573 e. The van der Waals surface area contributed by atoms with Crippen molar-refractivity contribution in [3.05, 3.63) is 17.3 Å². The number of nitrogen functional groups attached to an aromatic ring is 1. The normalized spacial score (nSPS) is 10.9. The third-order valence-electron chi connectivity index (χ3n) is 1.59. The van der Waals surface area contributed by atoms with Crippen LogP contribution in [0, 0.1) is 11.3 Å². The molecule has 0 aliphatic heterocycles. The van der Waals surface area contributed by atoms with Gasteiger partial charge in [0.2, 0.25) is 0 Å². The smallest absolute Gasteiger partial charge is 0.402 e. The van der Waals surface area contributed by atoms with E-state index in [0.717, 1.165) is 6.07 Å². The van der Waals surface area contributed by atoms with Gasteiger partial charge in [0, 0.05) is 12.6 Å². The maximum absolute atomic E-state index is 12.0. The number of nitrogens with two attached hydrogens (primary N) is 2. The molecule has 0 unspecified atom stereocenters. The molecular formula is C8H7F3N4O. The molecule has 1 aromatic heterocycles. The molecule has 8 heteroatoms. The molecule has 0 aromatic carbocycles. The minimum Gasteiger partial charge on any atom is -0.402 e. The van der Waals surface area contributed by atoms with Crippen molar-refractivity contribution in [3.8, 4) is 11.8 Å². The third-order valence-corrected chi connectivity index (χ3v) is 1.59. The molecule has 5 nitrogen and oxygen atoms in total. The van der Waals surface area contributed by atoms with Gasteiger partial charge in [0.05, 0.1) is 5.56 Å². The third kappa shape index (κ3) is 2.74. The minimum atomic E-state index is -4.91. The van der Waals surface area contributed by atoms with Crippen molar-refractivity contribution in [1.82, 2.24) is 4.98 Å². The van der Waals surface area contributed by atoms with Gasteiger partial charge < -0.3 is 16.2 Å². The van der Waals surface area contributed by atoms with Crippen LogP contribution in [0.1, 0.15) is 11.3 Å². The Hall–Kier alpha value is -2.01. The Morgan fingerprint density at radius 2 is 2.12 bits per heavy atom. The average molecular weight is 232 g/mol. The van der Waals surface area contributed by atoms with Gasteiger partial charge in [-0.05, 0) is 0 Å². The number of alkyl halides is 3. The lowest BCUT2D eigenvalue weighted by molar-refractivity contribution is -0.275. The number of anilines is 1. The number of hydrogen-bond donors (Lipinski definition) is 2. The van der Waals surface area contributed by atoms with Crippen LogP contribution in [0.2, 0.25) is 0 Å². The molecular weight excluding hydrogens is 225 g/mol. The zero-order chi connectivity index (χ0) is 12.3. The predicted octanol–water partition coefficient (Wildman–Crippen LogP) is 0.893. The summed E-state index contributed by atoms with van der Waals surface area (Å²) in [7, 11) is 0. The van der Waals surface area contributed by atoms with Gasteiger partial charge in [-0.3, -0.25) is 0 Å². The second-order valence-corrected chi connectivity index (χ2v) is 2.73. The molecule has 0 spiro atoms. The van der Waals surface area contributed by atoms with Gasteiger partial charge in [-0.25, -0.2) is 4.98 Å². The summed E-state index contributed by atoms with van der Waals surface area (Å²) in [4.78, 5) is 3.56. The summed E-state index contributed by atoms with van der Waals surface area (Å²) in [6.07, 6.45) is -4.91. The van der Waals surface area contributed by atoms with E-state index in [1.165, 1.54) is 6.07 Å². The second kappa shape index (κ2) is 4.24. The number of nitrogens with zero attached hydrogens (tertiary/aromatic N) is 2. The maximum atomic E-state index is 12.0. The van der Waals surface area contributed by atoms with Gasteiger partial charge in [-0.1, -0.05) is 0 Å². The number of hydrogen-bond acceptors (Lipinski definition) is 5. The van der Waals surface area contributed by atoms with Gasteiger partial charge >= 0.3 is 6.36 Å². The highest BCUT2D eigenvalue weighted by Gasteiger charge is 2.33. The molecule has 0 atom stereocenters. The molecule has 0 amide bonds. The van der Waals surface area contributed by atoms with Crippen molar-refractivity contribution in [2.24, 2.45) is 5.73 Å². The van der Waals surface area contributed by atoms with Crippen LogP contribution in [0.5, 0.6) is 5.75 Å². The summed E-state index contributed by atoms with van der Waals surface area (Å²) in [6, 6.07) is 2.52. The van der Waals surface area contributed by atoms with E-state index in [2.05, 4.69) is 9.72 Å². The Bertz CT molecular complexity index is 438. The summed E-state index contributed by atoms with van der Waals surface area (Å²) in [5.41, 5.74) is 9.91. The van der Waals surface area contributed by atoms with Crippen LogP contribution < -0.4 is 16.2 Å². The molecule has 0 bridgehead atoms. The van der Waals surface area contributed by atoms with Gasteiger partial charge in [0.15, 0.2) is 5.75 Å². The topological polar surface area (TPSA) is 98.0 Å². The number of halogens is 3. The number of rotatable bonds is 2. The lowest BCUT2D eigenvalue weighted by atomic mass is 10.2. The van der Waals surface area contributed by atoms with E-state index >= 15 is 0 Å². The molecule has 0 saturated carbocycles. The van der Waals surface area contributed by atoms with Crippen LogP contribution in [0.4, 0.5) is 19.0 Å². The van der Waals surface area contributed by atoms with Gasteiger partial charge in [0.1, 0.15) is 17.6 Å². The van der Waals surface area contributed by atoms with Crippen molar-refractivity contribution in [3.63, 3.8) is 0 Å². The van der Waals surface area contributed by atoms with Gasteiger partial charge in [0.25, 0.3) is 0 Å². The Morgan fingerprint density at radius 1 is 1.50 bits per heavy atom. The summed E-state index contributed by atoms with van der Waals surface area (Å²) < 4.78 is 39.8. The van der Waals surface area contributed by atoms with E-state index in [9.17, 15) is 13.2 Å². The Labute approximate surface area is 88.4 Å². The molecule has 4 N–H and O–H groups in total. The van der Waals surface area contributed by atoms with Crippen LogP contribution in [-0.2, 0) is 6.54 Å². The zero-order valence-corrected chi connectivity index (χ0v) is 7.88. The van der Waals surface area contributed by atoms with Crippen molar-refractivity contribution in [1.29, 1.82) is 5.26 Å². The number of ether oxygens (including phenoxy) is 1. The van der Waals surface area contributed by atoms with Crippen LogP contribution >= 0.6 is 0 Å². The van der Waals surface area contributed by atoms with E-state index < -0.39 is 12.1 Å². The molecule has 0 fully saturated rings. The molecule has 16 heavy (non-hydrogen) atoms. The monoisotopic (exact) mass is 232 g/mol. The lowest BCUT2D eigenvalue weighted by Crippen LogP contribution is -2.20. The SMILES string of the molecule is N#Cc1cc(N)nc(CN)c1OC(F)(F)F. The van der Waals surface area contributed by atoms with Crippen LogP contribution in [0.15, 0.2) is 6.07 Å². The first-order valence-corrected chi connectivity index (χ1v) is 4.02. The van der Waals surface area contributed by atoms with E-state index in [-0.39, 0.29) is 23.6 Å². The predicted molar refractivity (Wildman–Crippen MR) is 47.9 cm³/mol. The van der Waals surface area contributed by atoms with Crippen LogP contribution in [0.25, 0.3) is 0 Å². The minimum absolute atomic E-state index is 0.0912. The lowest BCUT2D eigenvalue weighted by Gasteiger charge is -2.13. The van der Waals surface area contributed by atoms with Gasteiger partial charge in [-0.2, -0.15) is 5.26 Å². The van der Waals surface area contributed by atoms with E-state index in [1.54, 1.807) is 0 Å². The van der Waals surface area contributed by atoms with Crippen LogP contribution in [0.3, 0.4) is 0 Å². The summed E-state index contributed by atoms with van der Waals surface area (Å²) in [6.45, 7) is -0.314. The van der Waals surface area contributed by atoms with Crippen LogP contribution in [-0.4, -0.2) is 11.3 Å². The van der Waals surface area contributed by atoms with Crippen molar-refractivity contribution >= 4 is 5.82 Å². The largest absolute Gasteiger partial charge is 0.573 e. The number of nitriles is 1. The first-order chi connectivity index (χ1) is 7.37. The number of pyridine rings is 1. The van der Waals surface area contributed by atoms with E-state index in [4.69, 9.17) is 16.7 Å². The fraction of sp³-hybridized carbons (Fsp3) is 0.250. The second-order valence-electron chi connectivity index (χ2n) is 2.73. The Kier molecular flexibility index (Phi) is 3.20. The fourth-order valence-corrected chi connectivity index (χ4v) is 1.06. The zero-order valence-electron chi connectivity index (χ0n) is 7.88. The van der Waals surface area contributed by atoms with Crippen molar-refractivity contribution < 1.29 is 17.9 Å². The fourth-order valence-electron chi connectivity index (χ4n) is 1.06. The Balaban J connectivity index is 3.29. The highest BCUT2D eigenvalue weighted by Crippen LogP contribution is 2.29. The van der Waals surface area contributed by atoms with Crippen molar-refractivity contribution in [2.75, 3.05) is 5.73 Å². The van der Waals surface area contributed by atoms with E-state index in [1.807, 2.05) is 0 Å². The Morgan fingerprint density at radius 3 is 2.56 bits per heavy atom. The van der Waals surface area contributed by atoms with Gasteiger partial charge in [-0.15, -0.1) is 13.2 Å². The molecule has 1 heterocycles. The molecule has 0 radical (unpaired) electrons. The molecule has 1 rings (SSSR count). The molecule has 86 valence electrons. The molecule has 0 saturated heterocycles. The quantitative estimate of drug-likeness (QED) is 0.789. The van der Waals surface area contributed by atoms with E-state index in [0.29, 0.717) is 0 Å². The van der Waals surface area contributed by atoms with Crippen molar-refractivity contribution in [2.45, 2.75) is 12.9 Å². The summed E-state index contributed by atoms with van der Waals surface area (Å²) in [5, 5.41) is 8.64.